The third kappa shape index (κ3) is 11.7. The number of nitriles is 1. The molecule has 0 amide bonds. The van der Waals surface area contributed by atoms with Gasteiger partial charge in [0.1, 0.15) is 23.1 Å². The van der Waals surface area contributed by atoms with Crippen LogP contribution in [0.5, 0.6) is 11.5 Å². The first-order chi connectivity index (χ1) is 40.2. The minimum Gasteiger partial charge on any atom is -0.502 e. The van der Waals surface area contributed by atoms with E-state index >= 15 is 0 Å². The van der Waals surface area contributed by atoms with Crippen LogP contribution in [0.15, 0.2) is 208 Å². The monoisotopic (exact) mass is 1070 g/mol. The predicted molar refractivity (Wildman–Crippen MR) is 329 cm³/mol. The average Bonchev–Trinajstić information content (AvgIpc) is 1.85. The van der Waals surface area contributed by atoms with Crippen molar-refractivity contribution < 1.29 is 18.9 Å². The summed E-state index contributed by atoms with van der Waals surface area (Å²) in [5, 5.41) is 14.6. The summed E-state index contributed by atoms with van der Waals surface area (Å²) in [5.41, 5.74) is 9.84. The molecule has 0 aliphatic rings. The van der Waals surface area contributed by atoms with E-state index < -0.39 is 13.7 Å². The van der Waals surface area contributed by atoms with E-state index in [1.165, 1.54) is 12.5 Å². The minimum atomic E-state index is -0.607. The fourth-order valence-corrected chi connectivity index (χ4v) is 10.9. The third-order valence-electron chi connectivity index (χ3n) is 14.0. The van der Waals surface area contributed by atoms with Crippen LogP contribution in [-0.4, -0.2) is 69.0 Å². The van der Waals surface area contributed by atoms with Gasteiger partial charge in [0.2, 0.25) is 0 Å². The van der Waals surface area contributed by atoms with Gasteiger partial charge in [-0.3, -0.25) is 0 Å². The van der Waals surface area contributed by atoms with Gasteiger partial charge in [-0.1, -0.05) is 181 Å². The van der Waals surface area contributed by atoms with Crippen LogP contribution >= 0.6 is 0 Å². The maximum absolute atomic E-state index is 12.3. The molecule has 0 radical (unpaired) electrons. The van der Waals surface area contributed by atoms with Crippen molar-refractivity contribution in [2.45, 2.75) is 40.5 Å². The van der Waals surface area contributed by atoms with Gasteiger partial charge in [-0.25, -0.2) is 24.8 Å². The number of fused-ring (bicyclic) bond motifs is 1. The first-order valence-corrected chi connectivity index (χ1v) is 27.3. The van der Waals surface area contributed by atoms with E-state index in [0.29, 0.717) is 106 Å². The Morgan fingerprint density at radius 3 is 1.27 bits per heavy atom. The van der Waals surface area contributed by atoms with Gasteiger partial charge in [0, 0.05) is 74.3 Å². The molecular weight excluding hydrogens is 1010 g/mol. The Balaban J connectivity index is 1.55. The van der Waals surface area contributed by atoms with Crippen molar-refractivity contribution in [3.8, 4) is 40.1 Å². The van der Waals surface area contributed by atoms with Gasteiger partial charge >= 0.3 is 13.7 Å². The molecule has 82 heavy (non-hydrogen) atoms. The summed E-state index contributed by atoms with van der Waals surface area (Å²) in [7, 11) is 0. The normalized spacial score (nSPS) is 11.7. The van der Waals surface area contributed by atoms with E-state index in [9.17, 15) is 11.8 Å². The number of aromatic nitrogens is 6. The number of nitrogens with zero attached hydrogens (tertiary/aromatic N) is 8. The van der Waals surface area contributed by atoms with Crippen LogP contribution in [0.4, 0.5) is 0 Å². The molecule has 4 aromatic heterocycles. The van der Waals surface area contributed by atoms with Crippen LogP contribution in [0.25, 0.3) is 49.4 Å². The standard InChI is InChI=1S/C68H60B2N8O4/c1-8-79-38-24-40-81-57-36-22-26-51(44-57)63-60-61(66(62(72-7)68-75-49(5)43-50(6)76-68)78(63)70(55-32-18-12-19-33-55)56-34-20-13-21-35-56)64(52-27-23-37-58(45-52)82-41-25-39-80-9-2)77(65(60)59(46-71)67-73-47(3)42-48(4)74-67)69(53-28-14-10-15-29-53)54-30-16-11-17-31-54/h8-23,26-37,42-45H,1-2,24-25,38-41H2,3-6H3/b65-59-,66-62+. The van der Waals surface area contributed by atoms with E-state index in [1.807, 2.05) is 149 Å². The molecule has 0 saturated carbocycles. The first-order valence-electron chi connectivity index (χ1n) is 27.3. The largest absolute Gasteiger partial charge is 0.502 e. The zero-order valence-electron chi connectivity index (χ0n) is 46.5. The lowest BCUT2D eigenvalue weighted by Crippen LogP contribution is -2.54. The summed E-state index contributed by atoms with van der Waals surface area (Å²) < 4.78 is 28.7. The van der Waals surface area contributed by atoms with E-state index in [-0.39, 0.29) is 22.9 Å². The van der Waals surface area contributed by atoms with Crippen molar-refractivity contribution >= 4 is 57.6 Å². The molecule has 10 aromatic rings. The Labute approximate surface area is 479 Å². The molecule has 0 N–H and O–H groups in total. The molecule has 0 atom stereocenters. The highest BCUT2D eigenvalue weighted by molar-refractivity contribution is 6.85. The quantitative estimate of drug-likeness (QED) is 0.0282. The van der Waals surface area contributed by atoms with Crippen molar-refractivity contribution in [3.63, 3.8) is 0 Å². The Hall–Kier alpha value is -10.2. The lowest BCUT2D eigenvalue weighted by molar-refractivity contribution is 0.209. The molecule has 0 aliphatic carbocycles. The maximum atomic E-state index is 12.3. The second-order valence-electron chi connectivity index (χ2n) is 19.8. The molecule has 12 nitrogen and oxygen atoms in total. The van der Waals surface area contributed by atoms with Gasteiger partial charge in [0.15, 0.2) is 11.6 Å². The zero-order valence-corrected chi connectivity index (χ0v) is 46.5. The number of hydrogen-bond donors (Lipinski definition) is 0. The molecule has 0 fully saturated rings. The van der Waals surface area contributed by atoms with Gasteiger partial charge < -0.3 is 27.9 Å². The third-order valence-corrected chi connectivity index (χ3v) is 14.0. The highest BCUT2D eigenvalue weighted by atomic mass is 16.5. The highest BCUT2D eigenvalue weighted by Gasteiger charge is 2.38. The Bertz CT molecular complexity index is 3750. The Morgan fingerprint density at radius 2 is 0.890 bits per heavy atom. The summed E-state index contributed by atoms with van der Waals surface area (Å²) in [5.74, 6) is 1.72. The van der Waals surface area contributed by atoms with Crippen LogP contribution in [0, 0.1) is 45.6 Å². The first kappa shape index (κ1) is 55.2. The average molecular weight is 1070 g/mol. The molecule has 4 heterocycles. The van der Waals surface area contributed by atoms with E-state index in [2.05, 4.69) is 93.7 Å². The van der Waals surface area contributed by atoms with Crippen LogP contribution < -0.4 is 42.0 Å². The van der Waals surface area contributed by atoms with Gasteiger partial charge in [0.05, 0.1) is 50.9 Å². The predicted octanol–water partition coefficient (Wildman–Crippen LogP) is 9.55. The van der Waals surface area contributed by atoms with Crippen molar-refractivity contribution in [2.75, 3.05) is 26.4 Å². The van der Waals surface area contributed by atoms with Gasteiger partial charge in [0.25, 0.3) is 5.70 Å². The van der Waals surface area contributed by atoms with Crippen LogP contribution in [0.3, 0.4) is 0 Å². The van der Waals surface area contributed by atoms with Gasteiger partial charge in [-0.15, -0.1) is 0 Å². The smallest absolute Gasteiger partial charge is 0.328 e. The van der Waals surface area contributed by atoms with Crippen LogP contribution in [0.2, 0.25) is 0 Å². The summed E-state index contributed by atoms with van der Waals surface area (Å²) in [4.78, 5) is 25.0. The zero-order chi connectivity index (χ0) is 57.0. The summed E-state index contributed by atoms with van der Waals surface area (Å²) >= 11 is 0. The molecule has 10 rings (SSSR count). The van der Waals surface area contributed by atoms with E-state index in [1.54, 1.807) is 0 Å². The molecule has 0 unspecified atom stereocenters. The molecule has 0 aliphatic heterocycles. The summed E-state index contributed by atoms with van der Waals surface area (Å²) in [6.45, 7) is 25.1. The second-order valence-corrected chi connectivity index (χ2v) is 19.8. The molecular formula is C68H60B2N8O4. The highest BCUT2D eigenvalue weighted by Crippen LogP contribution is 2.38. The van der Waals surface area contributed by atoms with Crippen LogP contribution in [-0.2, 0) is 9.47 Å². The molecule has 0 spiro atoms. The number of rotatable bonds is 22. The lowest BCUT2D eigenvalue weighted by Gasteiger charge is -2.24. The summed E-state index contributed by atoms with van der Waals surface area (Å²) in [6, 6.07) is 63.8. The van der Waals surface area contributed by atoms with Gasteiger partial charge in [-0.2, -0.15) is 5.26 Å². The number of benzene rings is 6. The lowest BCUT2D eigenvalue weighted by atomic mass is 9.50. The maximum Gasteiger partial charge on any atom is 0.328 e. The number of aryl methyl sites for hydroxylation is 4. The van der Waals surface area contributed by atoms with Gasteiger partial charge in [-0.05, 0) is 64.1 Å². The van der Waals surface area contributed by atoms with Crippen LogP contribution in [0.1, 0.15) is 47.3 Å². The fraction of sp³-hybridized carbons (Fsp3) is 0.147. The van der Waals surface area contributed by atoms with Crippen molar-refractivity contribution in [1.29, 1.82) is 5.26 Å². The molecule has 402 valence electrons. The Morgan fingerprint density at radius 1 is 0.512 bits per heavy atom. The molecule has 0 bridgehead atoms. The topological polar surface area (TPSA) is 126 Å². The van der Waals surface area contributed by atoms with Crippen molar-refractivity contribution in [1.82, 2.24) is 28.9 Å². The van der Waals surface area contributed by atoms with Crippen molar-refractivity contribution in [2.24, 2.45) is 0 Å². The Kier molecular flexibility index (Phi) is 17.3. The molecule has 0 saturated heterocycles. The second kappa shape index (κ2) is 25.7. The molecule has 6 aromatic carbocycles. The number of hydrogen-bond acceptors (Lipinski definition) is 9. The van der Waals surface area contributed by atoms with Crippen molar-refractivity contribution in [3.05, 3.63) is 264 Å². The molecule has 14 heteroatoms. The SMILES string of the molecule is [C-]#[N+]/C(c1nc(C)cc(C)n1)=c1\c2c(-c3cccc(OCCCOC=C)c3)n(B(c3ccccc3)c3ccccc3)/c(=C(/C#N)c3nc(C)cc(C)n3)c2c(-c2cccc(OCCCOC=C)c2)n1B(c1ccccc1)c1ccccc1. The number of ether oxygens (including phenoxy) is 4. The fourth-order valence-electron chi connectivity index (χ4n) is 10.9. The minimum absolute atomic E-state index is 0.200. The summed E-state index contributed by atoms with van der Waals surface area (Å²) in [6.07, 6.45) is 4.10. The van der Waals surface area contributed by atoms with E-state index in [4.69, 9.17) is 38.9 Å². The van der Waals surface area contributed by atoms with E-state index in [0.717, 1.165) is 33.0 Å².